The van der Waals surface area contributed by atoms with Gasteiger partial charge in [0.1, 0.15) is 5.75 Å². The first kappa shape index (κ1) is 12.1. The van der Waals surface area contributed by atoms with Crippen molar-refractivity contribution < 1.29 is 14.6 Å². The minimum absolute atomic E-state index is 0.00568. The van der Waals surface area contributed by atoms with Gasteiger partial charge in [0.15, 0.2) is 4.77 Å². The Morgan fingerprint density at radius 1 is 1.39 bits per heavy atom. The van der Waals surface area contributed by atoms with Gasteiger partial charge in [0.05, 0.1) is 11.8 Å². The molecule has 1 aromatic carbocycles. The second-order valence-electron chi connectivity index (χ2n) is 3.37. The molecule has 0 radical (unpaired) electrons. The number of hydrogen-bond acceptors (Lipinski definition) is 4. The van der Waals surface area contributed by atoms with Gasteiger partial charge in [-0.3, -0.25) is 9.78 Å². The Bertz CT molecular complexity index is 704. The number of rotatable bonds is 3. The van der Waals surface area contributed by atoms with Gasteiger partial charge in [0.2, 0.25) is 5.75 Å². The average molecular weight is 264 g/mol. The molecule has 0 aliphatic heterocycles. The molecule has 0 aliphatic rings. The summed E-state index contributed by atoms with van der Waals surface area (Å²) in [6, 6.07) is 5.83. The third-order valence-corrected chi connectivity index (χ3v) is 2.31. The highest BCUT2D eigenvalue weighted by Gasteiger charge is 2.06. The van der Waals surface area contributed by atoms with E-state index in [-0.39, 0.29) is 21.8 Å². The third-order valence-electron chi connectivity index (χ3n) is 2.09. The number of carboxylic acid groups (broad SMARTS) is 1. The highest BCUT2D eigenvalue weighted by atomic mass is 32.1. The van der Waals surface area contributed by atoms with Crippen LogP contribution in [0.4, 0.5) is 0 Å². The highest BCUT2D eigenvalue weighted by molar-refractivity contribution is 7.71. The first-order chi connectivity index (χ1) is 8.56. The lowest BCUT2D eigenvalue weighted by Gasteiger charge is -2.04. The van der Waals surface area contributed by atoms with Gasteiger partial charge in [0, 0.05) is 0 Å². The van der Waals surface area contributed by atoms with E-state index in [1.165, 1.54) is 24.4 Å². The van der Waals surface area contributed by atoms with Crippen LogP contribution in [-0.4, -0.2) is 21.0 Å². The van der Waals surface area contributed by atoms with E-state index in [9.17, 15) is 9.59 Å². The van der Waals surface area contributed by atoms with Crippen molar-refractivity contribution in [3.05, 3.63) is 51.2 Å². The summed E-state index contributed by atoms with van der Waals surface area (Å²) in [5.74, 6) is -0.807. The normalized spacial score (nSPS) is 10.0. The number of nitrogens with one attached hydrogen (secondary N) is 2. The number of aromatic carboxylic acids is 1. The fourth-order valence-electron chi connectivity index (χ4n) is 1.29. The van der Waals surface area contributed by atoms with Gasteiger partial charge in [-0.1, -0.05) is 6.07 Å². The average Bonchev–Trinajstić information content (AvgIpc) is 2.33. The largest absolute Gasteiger partial charge is 0.478 e. The highest BCUT2D eigenvalue weighted by Crippen LogP contribution is 2.18. The lowest BCUT2D eigenvalue weighted by atomic mass is 10.2. The number of hydrogen-bond donors (Lipinski definition) is 3. The minimum Gasteiger partial charge on any atom is -0.478 e. The van der Waals surface area contributed by atoms with Crippen molar-refractivity contribution in [3.63, 3.8) is 0 Å². The van der Waals surface area contributed by atoms with Crippen molar-refractivity contribution in [1.29, 1.82) is 0 Å². The van der Waals surface area contributed by atoms with E-state index in [4.69, 9.17) is 22.1 Å². The van der Waals surface area contributed by atoms with Crippen LogP contribution in [0.25, 0.3) is 0 Å². The van der Waals surface area contributed by atoms with E-state index in [0.29, 0.717) is 0 Å². The Labute approximate surface area is 106 Å². The molecule has 0 spiro atoms. The Morgan fingerprint density at radius 2 is 2.17 bits per heavy atom. The molecule has 0 amide bonds. The van der Waals surface area contributed by atoms with Crippen LogP contribution in [0.15, 0.2) is 35.3 Å². The second kappa shape index (κ2) is 4.84. The zero-order valence-electron chi connectivity index (χ0n) is 8.97. The van der Waals surface area contributed by atoms with Crippen LogP contribution in [0.2, 0.25) is 0 Å². The first-order valence-electron chi connectivity index (χ1n) is 4.89. The molecule has 2 aromatic rings. The number of aromatic amines is 2. The third kappa shape index (κ3) is 2.64. The van der Waals surface area contributed by atoms with E-state index in [1.54, 1.807) is 6.07 Å². The summed E-state index contributed by atoms with van der Waals surface area (Å²) in [6.07, 6.45) is 1.31. The van der Waals surface area contributed by atoms with E-state index in [2.05, 4.69) is 9.97 Å². The molecular formula is C11H8N2O4S. The fourth-order valence-corrected chi connectivity index (χ4v) is 1.44. The van der Waals surface area contributed by atoms with Crippen molar-refractivity contribution >= 4 is 18.2 Å². The van der Waals surface area contributed by atoms with Gasteiger partial charge in [-0.2, -0.15) is 0 Å². The quantitative estimate of drug-likeness (QED) is 0.736. The maximum Gasteiger partial charge on any atom is 0.335 e. The molecule has 0 aliphatic carbocycles. The van der Waals surface area contributed by atoms with Gasteiger partial charge < -0.3 is 14.8 Å². The number of carboxylic acids is 1. The predicted molar refractivity (Wildman–Crippen MR) is 65.7 cm³/mol. The summed E-state index contributed by atoms with van der Waals surface area (Å²) in [7, 11) is 0. The Morgan fingerprint density at radius 3 is 2.83 bits per heavy atom. The number of ether oxygens (including phenoxy) is 1. The van der Waals surface area contributed by atoms with E-state index >= 15 is 0 Å². The van der Waals surface area contributed by atoms with E-state index in [0.717, 1.165) is 0 Å². The SMILES string of the molecule is O=C(O)c1cccc(Oc2c[nH]c(=S)[nH]c2=O)c1. The zero-order valence-corrected chi connectivity index (χ0v) is 9.78. The zero-order chi connectivity index (χ0) is 13.1. The molecule has 7 heteroatoms. The van der Waals surface area contributed by atoms with Crippen LogP contribution >= 0.6 is 12.2 Å². The van der Waals surface area contributed by atoms with Gasteiger partial charge >= 0.3 is 5.97 Å². The minimum atomic E-state index is -1.07. The monoisotopic (exact) mass is 264 g/mol. The van der Waals surface area contributed by atoms with Crippen LogP contribution in [0, 0.1) is 4.77 Å². The number of benzene rings is 1. The molecule has 2 rings (SSSR count). The molecule has 0 bridgehead atoms. The van der Waals surface area contributed by atoms with Crippen LogP contribution in [0.5, 0.6) is 11.5 Å². The Kier molecular flexibility index (Phi) is 3.24. The van der Waals surface area contributed by atoms with Crippen molar-refractivity contribution in [3.8, 4) is 11.5 Å². The number of carbonyl (C=O) groups is 1. The van der Waals surface area contributed by atoms with Crippen LogP contribution in [0.3, 0.4) is 0 Å². The van der Waals surface area contributed by atoms with E-state index in [1.807, 2.05) is 0 Å². The predicted octanol–water partition coefficient (Wildman–Crippen LogP) is 1.92. The van der Waals surface area contributed by atoms with E-state index < -0.39 is 11.5 Å². The lowest BCUT2D eigenvalue weighted by molar-refractivity contribution is 0.0696. The topological polar surface area (TPSA) is 95.2 Å². The molecule has 18 heavy (non-hydrogen) atoms. The summed E-state index contributed by atoms with van der Waals surface area (Å²) in [6.45, 7) is 0. The molecule has 1 aromatic heterocycles. The molecule has 0 fully saturated rings. The van der Waals surface area contributed by atoms with Crippen molar-refractivity contribution in [2.24, 2.45) is 0 Å². The number of H-pyrrole nitrogens is 2. The molecule has 6 nitrogen and oxygen atoms in total. The van der Waals surface area contributed by atoms with Crippen LogP contribution in [0.1, 0.15) is 10.4 Å². The summed E-state index contributed by atoms with van der Waals surface area (Å²) in [5.41, 5.74) is -0.410. The standard InChI is InChI=1S/C11H8N2O4S/c14-9-8(5-12-11(18)13-9)17-7-3-1-2-6(4-7)10(15)16/h1-5H,(H,15,16)(H2,12,13,14,18). The molecule has 0 saturated carbocycles. The maximum atomic E-state index is 11.5. The fraction of sp³-hybridized carbons (Fsp3) is 0. The van der Waals surface area contributed by atoms with Crippen molar-refractivity contribution in [1.82, 2.24) is 9.97 Å². The molecular weight excluding hydrogens is 256 g/mol. The number of aromatic nitrogens is 2. The van der Waals surface area contributed by atoms with Crippen molar-refractivity contribution in [2.75, 3.05) is 0 Å². The van der Waals surface area contributed by atoms with Gasteiger partial charge in [-0.15, -0.1) is 0 Å². The molecule has 0 atom stereocenters. The Balaban J connectivity index is 2.34. The van der Waals surface area contributed by atoms with Crippen LogP contribution in [-0.2, 0) is 0 Å². The maximum absolute atomic E-state index is 11.5. The second-order valence-corrected chi connectivity index (χ2v) is 3.78. The lowest BCUT2D eigenvalue weighted by Crippen LogP contribution is -2.09. The molecule has 3 N–H and O–H groups in total. The molecule has 1 heterocycles. The van der Waals surface area contributed by atoms with Crippen LogP contribution < -0.4 is 10.3 Å². The van der Waals surface area contributed by atoms with Gasteiger partial charge in [0.25, 0.3) is 5.56 Å². The Hall–Kier alpha value is -2.41. The summed E-state index contributed by atoms with van der Waals surface area (Å²) < 4.78 is 5.46. The summed E-state index contributed by atoms with van der Waals surface area (Å²) in [4.78, 5) is 27.2. The molecule has 0 saturated heterocycles. The smallest absolute Gasteiger partial charge is 0.335 e. The molecule has 0 unspecified atom stereocenters. The van der Waals surface area contributed by atoms with Gasteiger partial charge in [-0.25, -0.2) is 4.79 Å². The first-order valence-corrected chi connectivity index (χ1v) is 5.30. The van der Waals surface area contributed by atoms with Crippen molar-refractivity contribution in [2.45, 2.75) is 0 Å². The van der Waals surface area contributed by atoms with Gasteiger partial charge in [-0.05, 0) is 30.4 Å². The summed E-state index contributed by atoms with van der Waals surface area (Å²) >= 11 is 4.73. The summed E-state index contributed by atoms with van der Waals surface area (Å²) in [5, 5.41) is 8.82. The molecule has 92 valence electrons.